The van der Waals surface area contributed by atoms with Crippen molar-refractivity contribution in [2.75, 3.05) is 13.7 Å². The molecule has 0 aliphatic rings. The Balaban J connectivity index is 2.76. The van der Waals surface area contributed by atoms with E-state index in [9.17, 15) is 0 Å². The van der Waals surface area contributed by atoms with Crippen LogP contribution < -0.4 is 5.73 Å². The van der Waals surface area contributed by atoms with Crippen LogP contribution in [0, 0.1) is 0 Å². The fraction of sp³-hybridized carbons (Fsp3) is 0.667. The quantitative estimate of drug-likeness (QED) is 0.878. The fourth-order valence-electron chi connectivity index (χ4n) is 1.37. The highest BCUT2D eigenvalue weighted by molar-refractivity contribution is 9.10. The Hall–Kier alpha value is -0.390. The minimum absolute atomic E-state index is 0.0215. The van der Waals surface area contributed by atoms with Crippen molar-refractivity contribution in [3.8, 4) is 0 Å². The molecule has 1 unspecified atom stereocenters. The summed E-state index contributed by atoms with van der Waals surface area (Å²) < 4.78 is 7.88. The van der Waals surface area contributed by atoms with E-state index in [0.29, 0.717) is 6.61 Å². The summed E-state index contributed by atoms with van der Waals surface area (Å²) in [6.45, 7) is 3.55. The maximum absolute atomic E-state index is 6.03. The highest BCUT2D eigenvalue weighted by atomic mass is 79.9. The summed E-state index contributed by atoms with van der Waals surface area (Å²) in [6.07, 6.45) is 2.59. The fourth-order valence-corrected chi connectivity index (χ4v) is 1.96. The average molecular weight is 262 g/mol. The third kappa shape index (κ3) is 2.56. The Bertz CT molecular complexity index is 288. The summed E-state index contributed by atoms with van der Waals surface area (Å²) in [5.74, 6) is 0. The van der Waals surface area contributed by atoms with E-state index >= 15 is 0 Å². The van der Waals surface area contributed by atoms with Gasteiger partial charge in [-0.15, -0.1) is 0 Å². The van der Waals surface area contributed by atoms with Crippen LogP contribution >= 0.6 is 15.9 Å². The van der Waals surface area contributed by atoms with Gasteiger partial charge in [0.15, 0.2) is 0 Å². The second-order valence-corrected chi connectivity index (χ2v) is 3.94. The molecule has 80 valence electrons. The van der Waals surface area contributed by atoms with Crippen molar-refractivity contribution in [3.05, 3.63) is 16.4 Å². The first-order valence-corrected chi connectivity index (χ1v) is 5.45. The van der Waals surface area contributed by atoms with Crippen LogP contribution in [-0.4, -0.2) is 23.5 Å². The van der Waals surface area contributed by atoms with Gasteiger partial charge in [-0.3, -0.25) is 4.68 Å². The normalized spacial score (nSPS) is 13.1. The molecule has 0 aliphatic heterocycles. The zero-order valence-corrected chi connectivity index (χ0v) is 10.1. The zero-order valence-electron chi connectivity index (χ0n) is 8.53. The number of methoxy groups -OCH3 is 1. The van der Waals surface area contributed by atoms with Gasteiger partial charge in [-0.25, -0.2) is 0 Å². The molecule has 0 saturated carbocycles. The Morgan fingerprint density at radius 3 is 3.00 bits per heavy atom. The van der Waals surface area contributed by atoms with Crippen molar-refractivity contribution in [2.24, 2.45) is 5.73 Å². The van der Waals surface area contributed by atoms with Crippen molar-refractivity contribution < 1.29 is 4.74 Å². The van der Waals surface area contributed by atoms with Gasteiger partial charge >= 0.3 is 0 Å². The number of rotatable bonds is 5. The van der Waals surface area contributed by atoms with Crippen LogP contribution in [0.4, 0.5) is 0 Å². The van der Waals surface area contributed by atoms with Gasteiger partial charge in [0.05, 0.1) is 22.4 Å². The maximum atomic E-state index is 6.03. The number of halogens is 1. The summed E-state index contributed by atoms with van der Waals surface area (Å²) in [7, 11) is 1.68. The van der Waals surface area contributed by atoms with E-state index < -0.39 is 0 Å². The predicted molar refractivity (Wildman–Crippen MR) is 59.0 cm³/mol. The van der Waals surface area contributed by atoms with Crippen LogP contribution in [0.15, 0.2) is 10.7 Å². The molecule has 5 heteroatoms. The number of nitrogens with zero attached hydrogens (tertiary/aromatic N) is 2. The molecule has 0 spiro atoms. The molecule has 1 aromatic rings. The van der Waals surface area contributed by atoms with E-state index in [2.05, 4.69) is 21.0 Å². The average Bonchev–Trinajstić information content (AvgIpc) is 2.56. The standard InChI is InChI=1S/C9H16BrN3O/c1-3-13-9(7(10)6-12-13)8(11)4-5-14-2/h6,8H,3-5,11H2,1-2H3. The van der Waals surface area contributed by atoms with Crippen molar-refractivity contribution in [2.45, 2.75) is 25.9 Å². The van der Waals surface area contributed by atoms with Gasteiger partial charge in [-0.05, 0) is 29.3 Å². The van der Waals surface area contributed by atoms with Crippen LogP contribution in [0.25, 0.3) is 0 Å². The van der Waals surface area contributed by atoms with Crippen LogP contribution in [0.5, 0.6) is 0 Å². The maximum Gasteiger partial charge on any atom is 0.0694 e. The number of aryl methyl sites for hydroxylation is 1. The first-order valence-electron chi connectivity index (χ1n) is 4.66. The molecule has 1 atom stereocenters. The SMILES string of the molecule is CCn1ncc(Br)c1C(N)CCOC. The lowest BCUT2D eigenvalue weighted by Crippen LogP contribution is -2.18. The Morgan fingerprint density at radius 1 is 1.71 bits per heavy atom. The van der Waals surface area contributed by atoms with Crippen molar-refractivity contribution in [1.29, 1.82) is 0 Å². The highest BCUT2D eigenvalue weighted by Gasteiger charge is 2.15. The van der Waals surface area contributed by atoms with Gasteiger partial charge < -0.3 is 10.5 Å². The lowest BCUT2D eigenvalue weighted by molar-refractivity contribution is 0.187. The molecule has 4 nitrogen and oxygen atoms in total. The summed E-state index contributed by atoms with van der Waals surface area (Å²) >= 11 is 3.45. The second-order valence-electron chi connectivity index (χ2n) is 3.08. The number of nitrogens with two attached hydrogens (primary N) is 1. The van der Waals surface area contributed by atoms with E-state index in [1.807, 2.05) is 11.6 Å². The highest BCUT2D eigenvalue weighted by Crippen LogP contribution is 2.23. The molecule has 1 rings (SSSR count). The summed E-state index contributed by atoms with van der Waals surface area (Å²) in [5, 5.41) is 4.21. The molecule has 0 amide bonds. The van der Waals surface area contributed by atoms with Crippen molar-refractivity contribution >= 4 is 15.9 Å². The van der Waals surface area contributed by atoms with E-state index in [4.69, 9.17) is 10.5 Å². The monoisotopic (exact) mass is 261 g/mol. The Morgan fingerprint density at radius 2 is 2.43 bits per heavy atom. The molecule has 2 N–H and O–H groups in total. The molecule has 0 bridgehead atoms. The largest absolute Gasteiger partial charge is 0.385 e. The Kier molecular flexibility index (Phi) is 4.57. The summed E-state index contributed by atoms with van der Waals surface area (Å²) in [5.41, 5.74) is 7.08. The number of ether oxygens (including phenoxy) is 1. The number of aromatic nitrogens is 2. The predicted octanol–water partition coefficient (Wildman–Crippen LogP) is 1.70. The smallest absolute Gasteiger partial charge is 0.0694 e. The van der Waals surface area contributed by atoms with Crippen LogP contribution in [0.1, 0.15) is 25.1 Å². The lowest BCUT2D eigenvalue weighted by atomic mass is 10.1. The minimum atomic E-state index is -0.0215. The van der Waals surface area contributed by atoms with Crippen LogP contribution in [0.2, 0.25) is 0 Å². The molecule has 0 saturated heterocycles. The van der Waals surface area contributed by atoms with Gasteiger partial charge in [0, 0.05) is 20.3 Å². The second kappa shape index (κ2) is 5.48. The van der Waals surface area contributed by atoms with Gasteiger partial charge in [0.2, 0.25) is 0 Å². The topological polar surface area (TPSA) is 53.1 Å². The molecular weight excluding hydrogens is 246 g/mol. The minimum Gasteiger partial charge on any atom is -0.385 e. The Labute approximate surface area is 92.5 Å². The van der Waals surface area contributed by atoms with Crippen molar-refractivity contribution in [1.82, 2.24) is 9.78 Å². The molecule has 1 heterocycles. The molecule has 0 aliphatic carbocycles. The molecule has 14 heavy (non-hydrogen) atoms. The third-order valence-corrected chi connectivity index (χ3v) is 2.73. The van der Waals surface area contributed by atoms with Gasteiger partial charge in [0.1, 0.15) is 0 Å². The molecule has 0 aromatic carbocycles. The van der Waals surface area contributed by atoms with E-state index in [0.717, 1.165) is 23.1 Å². The van der Waals surface area contributed by atoms with E-state index in [-0.39, 0.29) is 6.04 Å². The summed E-state index contributed by atoms with van der Waals surface area (Å²) in [4.78, 5) is 0. The molecule has 0 radical (unpaired) electrons. The lowest BCUT2D eigenvalue weighted by Gasteiger charge is -2.13. The van der Waals surface area contributed by atoms with Gasteiger partial charge in [-0.1, -0.05) is 0 Å². The first kappa shape index (κ1) is 11.7. The van der Waals surface area contributed by atoms with E-state index in [1.54, 1.807) is 13.3 Å². The van der Waals surface area contributed by atoms with Gasteiger partial charge in [0.25, 0.3) is 0 Å². The number of hydrogen-bond donors (Lipinski definition) is 1. The van der Waals surface area contributed by atoms with Crippen LogP contribution in [0.3, 0.4) is 0 Å². The molecular formula is C9H16BrN3O. The van der Waals surface area contributed by atoms with Crippen molar-refractivity contribution in [3.63, 3.8) is 0 Å². The van der Waals surface area contributed by atoms with E-state index in [1.165, 1.54) is 0 Å². The number of hydrogen-bond acceptors (Lipinski definition) is 3. The summed E-state index contributed by atoms with van der Waals surface area (Å²) in [6, 6.07) is -0.0215. The zero-order chi connectivity index (χ0) is 10.6. The third-order valence-electron chi connectivity index (χ3n) is 2.12. The molecule has 0 fully saturated rings. The van der Waals surface area contributed by atoms with Gasteiger partial charge in [-0.2, -0.15) is 5.10 Å². The molecule has 1 aromatic heterocycles. The first-order chi connectivity index (χ1) is 6.70. The van der Waals surface area contributed by atoms with Crippen LogP contribution in [-0.2, 0) is 11.3 Å².